The van der Waals surface area contributed by atoms with E-state index in [0.29, 0.717) is 12.8 Å². The lowest BCUT2D eigenvalue weighted by Crippen LogP contribution is -2.06. The van der Waals surface area contributed by atoms with E-state index in [2.05, 4.69) is 13.0 Å². The highest BCUT2D eigenvalue weighted by Gasteiger charge is 2.19. The number of hydrogen-bond acceptors (Lipinski definition) is 3. The van der Waals surface area contributed by atoms with Crippen LogP contribution in [0.4, 0.5) is 0 Å². The van der Waals surface area contributed by atoms with Gasteiger partial charge in [-0.15, -0.1) is 0 Å². The van der Waals surface area contributed by atoms with Crippen molar-refractivity contribution < 1.29 is 9.09 Å². The summed E-state index contributed by atoms with van der Waals surface area (Å²) in [4.78, 5) is 0. The normalized spacial score (nSPS) is 14.6. The summed E-state index contributed by atoms with van der Waals surface area (Å²) in [5.41, 5.74) is 6.61. The van der Waals surface area contributed by atoms with Crippen molar-refractivity contribution in [1.29, 1.82) is 0 Å². The molecule has 0 aliphatic carbocycles. The molecule has 1 aromatic rings. The number of rotatable bonds is 9. The number of unbranched alkanes of at least 4 members (excludes halogenated alkanes) is 2. The molecule has 0 amide bonds. The van der Waals surface area contributed by atoms with E-state index in [1.807, 2.05) is 36.4 Å². The Morgan fingerprint density at radius 3 is 2.63 bits per heavy atom. The van der Waals surface area contributed by atoms with Gasteiger partial charge in [-0.1, -0.05) is 62.2 Å². The molecule has 4 heteroatoms. The van der Waals surface area contributed by atoms with Crippen molar-refractivity contribution in [2.75, 3.05) is 12.4 Å². The molecule has 1 atom stereocenters. The topological polar surface area (TPSA) is 52.3 Å². The summed E-state index contributed by atoms with van der Waals surface area (Å²) < 4.78 is 17.9. The SMILES string of the molecule is CCCC/C=C/CP(=O)(CN)OCc1ccccc1. The van der Waals surface area contributed by atoms with Crippen LogP contribution in [0.2, 0.25) is 0 Å². The van der Waals surface area contributed by atoms with Crippen LogP contribution in [0.5, 0.6) is 0 Å². The first-order valence-electron chi connectivity index (χ1n) is 6.82. The molecule has 1 aromatic carbocycles. The van der Waals surface area contributed by atoms with Gasteiger partial charge in [0.2, 0.25) is 7.37 Å². The summed E-state index contributed by atoms with van der Waals surface area (Å²) in [7, 11) is -2.72. The van der Waals surface area contributed by atoms with E-state index in [9.17, 15) is 4.57 Å². The average molecular weight is 281 g/mol. The fourth-order valence-corrected chi connectivity index (χ4v) is 2.84. The Bertz CT molecular complexity index is 417. The second-order valence-electron chi connectivity index (χ2n) is 4.55. The zero-order valence-corrected chi connectivity index (χ0v) is 12.5. The third-order valence-corrected chi connectivity index (χ3v) is 4.79. The average Bonchev–Trinajstić information content (AvgIpc) is 2.46. The summed E-state index contributed by atoms with van der Waals surface area (Å²) in [6, 6.07) is 9.74. The Morgan fingerprint density at radius 1 is 1.26 bits per heavy atom. The molecule has 1 unspecified atom stereocenters. The first-order chi connectivity index (χ1) is 9.20. The van der Waals surface area contributed by atoms with Crippen molar-refractivity contribution in [3.8, 4) is 0 Å². The molecule has 0 aromatic heterocycles. The van der Waals surface area contributed by atoms with E-state index in [1.54, 1.807) is 0 Å². The maximum absolute atomic E-state index is 12.4. The van der Waals surface area contributed by atoms with Gasteiger partial charge in [-0.05, 0) is 12.0 Å². The molecule has 0 spiro atoms. The van der Waals surface area contributed by atoms with E-state index in [1.165, 1.54) is 6.42 Å². The molecule has 0 heterocycles. The Labute approximate surface area is 116 Å². The van der Waals surface area contributed by atoms with Crippen LogP contribution in [0, 0.1) is 0 Å². The number of benzene rings is 1. The lowest BCUT2D eigenvalue weighted by molar-refractivity contribution is 0.304. The predicted octanol–water partition coefficient (Wildman–Crippen LogP) is 4.14. The Kier molecular flexibility index (Phi) is 7.73. The zero-order valence-electron chi connectivity index (χ0n) is 11.6. The molecule has 106 valence electrons. The lowest BCUT2D eigenvalue weighted by atomic mass is 10.2. The van der Waals surface area contributed by atoms with Crippen molar-refractivity contribution in [3.63, 3.8) is 0 Å². The van der Waals surface area contributed by atoms with Crippen LogP contribution in [0.25, 0.3) is 0 Å². The lowest BCUT2D eigenvalue weighted by Gasteiger charge is -2.15. The Hall–Kier alpha value is -0.890. The van der Waals surface area contributed by atoms with Gasteiger partial charge in [0.1, 0.15) is 0 Å². The number of nitrogens with two attached hydrogens (primary N) is 1. The van der Waals surface area contributed by atoms with Crippen LogP contribution in [0.1, 0.15) is 31.7 Å². The van der Waals surface area contributed by atoms with Gasteiger partial charge in [-0.2, -0.15) is 0 Å². The van der Waals surface area contributed by atoms with Crippen LogP contribution < -0.4 is 5.73 Å². The van der Waals surface area contributed by atoms with Gasteiger partial charge in [0, 0.05) is 6.16 Å². The van der Waals surface area contributed by atoms with Gasteiger partial charge in [0.15, 0.2) is 0 Å². The third-order valence-electron chi connectivity index (χ3n) is 2.86. The maximum Gasteiger partial charge on any atom is 0.220 e. The van der Waals surface area contributed by atoms with Crippen LogP contribution in [-0.4, -0.2) is 12.4 Å². The highest BCUT2D eigenvalue weighted by atomic mass is 31.2. The molecule has 2 N–H and O–H groups in total. The molecule has 0 radical (unpaired) electrons. The molecule has 0 saturated carbocycles. The third kappa shape index (κ3) is 6.72. The number of allylic oxidation sites excluding steroid dienone is 2. The van der Waals surface area contributed by atoms with Crippen LogP contribution in [-0.2, 0) is 15.7 Å². The number of hydrogen-bond donors (Lipinski definition) is 1. The van der Waals surface area contributed by atoms with Crippen molar-refractivity contribution >= 4 is 7.37 Å². The first kappa shape index (κ1) is 16.2. The van der Waals surface area contributed by atoms with Gasteiger partial charge in [-0.25, -0.2) is 0 Å². The minimum absolute atomic E-state index is 0.0952. The van der Waals surface area contributed by atoms with Gasteiger partial charge < -0.3 is 10.3 Å². The predicted molar refractivity (Wildman–Crippen MR) is 81.4 cm³/mol. The van der Waals surface area contributed by atoms with E-state index >= 15 is 0 Å². The monoisotopic (exact) mass is 281 g/mol. The molecule has 0 bridgehead atoms. The maximum atomic E-state index is 12.4. The summed E-state index contributed by atoms with van der Waals surface area (Å²) in [5, 5.41) is 0. The van der Waals surface area contributed by atoms with Crippen molar-refractivity contribution in [2.45, 2.75) is 32.8 Å². The standard InChI is InChI=1S/C15H24NO2P/c1-2-3-4-5-9-12-19(17,14-16)18-13-15-10-7-6-8-11-15/h5-11H,2-4,12-14,16H2,1H3/b9-5+. The highest BCUT2D eigenvalue weighted by Crippen LogP contribution is 2.45. The van der Waals surface area contributed by atoms with Crippen LogP contribution in [0.3, 0.4) is 0 Å². The van der Waals surface area contributed by atoms with Gasteiger partial charge >= 0.3 is 0 Å². The summed E-state index contributed by atoms with van der Waals surface area (Å²) in [5.74, 6) is 0. The zero-order chi connectivity index (χ0) is 14.0. The Morgan fingerprint density at radius 2 is 2.00 bits per heavy atom. The minimum Gasteiger partial charge on any atom is -0.323 e. The fourth-order valence-electron chi connectivity index (χ4n) is 1.62. The molecule has 1 rings (SSSR count). The summed E-state index contributed by atoms with van der Waals surface area (Å²) >= 11 is 0. The molecular weight excluding hydrogens is 257 g/mol. The molecular formula is C15H24NO2P. The van der Waals surface area contributed by atoms with E-state index in [-0.39, 0.29) is 6.29 Å². The summed E-state index contributed by atoms with van der Waals surface area (Å²) in [6.07, 6.45) is 7.89. The first-order valence-corrected chi connectivity index (χ1v) is 8.81. The molecule has 19 heavy (non-hydrogen) atoms. The second-order valence-corrected chi connectivity index (χ2v) is 7.17. The van der Waals surface area contributed by atoms with Crippen molar-refractivity contribution in [1.82, 2.24) is 0 Å². The molecule has 3 nitrogen and oxygen atoms in total. The highest BCUT2D eigenvalue weighted by molar-refractivity contribution is 7.59. The fraction of sp³-hybridized carbons (Fsp3) is 0.467. The van der Waals surface area contributed by atoms with Gasteiger partial charge in [0.05, 0.1) is 12.9 Å². The molecule has 0 aliphatic rings. The molecule has 0 fully saturated rings. The van der Waals surface area contributed by atoms with E-state index in [4.69, 9.17) is 10.3 Å². The van der Waals surface area contributed by atoms with Crippen LogP contribution in [0.15, 0.2) is 42.5 Å². The molecule has 0 aliphatic heterocycles. The van der Waals surface area contributed by atoms with E-state index in [0.717, 1.165) is 18.4 Å². The van der Waals surface area contributed by atoms with E-state index < -0.39 is 7.37 Å². The summed E-state index contributed by atoms with van der Waals surface area (Å²) in [6.45, 7) is 2.51. The quantitative estimate of drug-likeness (QED) is 0.420. The van der Waals surface area contributed by atoms with Gasteiger partial charge in [0.25, 0.3) is 0 Å². The smallest absolute Gasteiger partial charge is 0.220 e. The van der Waals surface area contributed by atoms with Crippen molar-refractivity contribution in [2.24, 2.45) is 5.73 Å². The largest absolute Gasteiger partial charge is 0.323 e. The Balaban J connectivity index is 2.42. The second kappa shape index (κ2) is 9.08. The van der Waals surface area contributed by atoms with Gasteiger partial charge in [-0.3, -0.25) is 4.57 Å². The molecule has 0 saturated heterocycles. The minimum atomic E-state index is -2.72. The van der Waals surface area contributed by atoms with Crippen LogP contribution >= 0.6 is 7.37 Å². The van der Waals surface area contributed by atoms with Crippen molar-refractivity contribution in [3.05, 3.63) is 48.0 Å².